The van der Waals surface area contributed by atoms with Crippen molar-refractivity contribution in [1.29, 1.82) is 0 Å². The molecule has 2 aromatic rings. The van der Waals surface area contributed by atoms with Crippen LogP contribution in [0.15, 0.2) is 47.4 Å². The van der Waals surface area contributed by atoms with Gasteiger partial charge in [-0.25, -0.2) is 4.79 Å². The number of aryl methyl sites for hydroxylation is 1. The Hall–Kier alpha value is -2.80. The summed E-state index contributed by atoms with van der Waals surface area (Å²) in [5.74, 6) is -0.298. The lowest BCUT2D eigenvalue weighted by Crippen LogP contribution is -2.25. The molecule has 0 saturated carbocycles. The van der Waals surface area contributed by atoms with E-state index in [1.54, 1.807) is 18.2 Å². The number of esters is 1. The zero-order valence-electron chi connectivity index (χ0n) is 14.9. The standard InChI is InChI=1S/C20H20N2O4S/c1-26-20(25)15-4-2-3-5-17(15)27-12-19(24)21-11-13-6-8-16-14(10-13)7-9-18(23)22-16/h2-6,8,10H,7,9,11-12H2,1H3,(H,21,24)(H,22,23). The SMILES string of the molecule is COC(=O)c1ccccc1SCC(=O)NCc1ccc2c(c1)CCC(=O)N2. The second kappa shape index (κ2) is 8.73. The van der Waals surface area contributed by atoms with Crippen LogP contribution >= 0.6 is 11.8 Å². The smallest absolute Gasteiger partial charge is 0.338 e. The molecule has 27 heavy (non-hydrogen) atoms. The predicted molar refractivity (Wildman–Crippen MR) is 104 cm³/mol. The topological polar surface area (TPSA) is 84.5 Å². The zero-order chi connectivity index (χ0) is 19.2. The van der Waals surface area contributed by atoms with Crippen molar-refractivity contribution in [2.45, 2.75) is 24.3 Å². The summed E-state index contributed by atoms with van der Waals surface area (Å²) in [5, 5.41) is 5.73. The lowest BCUT2D eigenvalue weighted by molar-refractivity contribution is -0.118. The van der Waals surface area contributed by atoms with E-state index in [0.29, 0.717) is 29.8 Å². The van der Waals surface area contributed by atoms with Gasteiger partial charge in [0.25, 0.3) is 0 Å². The van der Waals surface area contributed by atoms with E-state index in [1.165, 1.54) is 18.9 Å². The van der Waals surface area contributed by atoms with Gasteiger partial charge in [-0.15, -0.1) is 11.8 Å². The minimum Gasteiger partial charge on any atom is -0.465 e. The molecular weight excluding hydrogens is 364 g/mol. The zero-order valence-corrected chi connectivity index (χ0v) is 15.7. The Morgan fingerprint density at radius 2 is 2.00 bits per heavy atom. The first-order valence-electron chi connectivity index (χ1n) is 8.55. The normalized spacial score (nSPS) is 12.7. The van der Waals surface area contributed by atoms with Gasteiger partial charge in [0.1, 0.15) is 0 Å². The number of nitrogens with one attached hydrogen (secondary N) is 2. The van der Waals surface area contributed by atoms with E-state index < -0.39 is 5.97 Å². The molecule has 140 valence electrons. The first kappa shape index (κ1) is 19.0. The first-order valence-corrected chi connectivity index (χ1v) is 9.54. The Bertz CT molecular complexity index is 882. The molecule has 0 spiro atoms. The molecule has 0 aliphatic carbocycles. The fraction of sp³-hybridized carbons (Fsp3) is 0.250. The number of hydrogen-bond donors (Lipinski definition) is 2. The second-order valence-corrected chi connectivity index (χ2v) is 7.11. The van der Waals surface area contributed by atoms with Crippen LogP contribution in [0.3, 0.4) is 0 Å². The quantitative estimate of drug-likeness (QED) is 0.591. The molecule has 2 aromatic carbocycles. The van der Waals surface area contributed by atoms with Gasteiger partial charge in [0.15, 0.2) is 0 Å². The van der Waals surface area contributed by atoms with Gasteiger partial charge >= 0.3 is 5.97 Å². The molecule has 0 bridgehead atoms. The van der Waals surface area contributed by atoms with E-state index in [-0.39, 0.29) is 17.6 Å². The molecule has 0 saturated heterocycles. The van der Waals surface area contributed by atoms with Crippen molar-refractivity contribution in [3.05, 3.63) is 59.2 Å². The molecule has 3 rings (SSSR count). The van der Waals surface area contributed by atoms with Gasteiger partial charge in [0.2, 0.25) is 11.8 Å². The van der Waals surface area contributed by atoms with Crippen LogP contribution in [0.4, 0.5) is 5.69 Å². The first-order chi connectivity index (χ1) is 13.1. The summed E-state index contributed by atoms with van der Waals surface area (Å²) in [6, 6.07) is 12.8. The number of carbonyl (C=O) groups is 3. The van der Waals surface area contributed by atoms with Crippen LogP contribution in [0.5, 0.6) is 0 Å². The summed E-state index contributed by atoms with van der Waals surface area (Å²) in [6.07, 6.45) is 1.20. The highest BCUT2D eigenvalue weighted by Gasteiger charge is 2.15. The summed E-state index contributed by atoms with van der Waals surface area (Å²) in [4.78, 5) is 36.0. The van der Waals surface area contributed by atoms with E-state index in [4.69, 9.17) is 4.74 Å². The highest BCUT2D eigenvalue weighted by Crippen LogP contribution is 2.24. The lowest BCUT2D eigenvalue weighted by atomic mass is 10.0. The van der Waals surface area contributed by atoms with Crippen molar-refractivity contribution in [3.63, 3.8) is 0 Å². The van der Waals surface area contributed by atoms with Gasteiger partial charge < -0.3 is 15.4 Å². The van der Waals surface area contributed by atoms with Crippen molar-refractivity contribution < 1.29 is 19.1 Å². The van der Waals surface area contributed by atoms with E-state index in [0.717, 1.165) is 16.8 Å². The van der Waals surface area contributed by atoms with Gasteiger partial charge in [-0.05, 0) is 35.7 Å². The van der Waals surface area contributed by atoms with E-state index >= 15 is 0 Å². The largest absolute Gasteiger partial charge is 0.465 e. The maximum Gasteiger partial charge on any atom is 0.338 e. The summed E-state index contributed by atoms with van der Waals surface area (Å²) < 4.78 is 4.76. The number of benzene rings is 2. The molecule has 0 atom stereocenters. The Kier molecular flexibility index (Phi) is 6.13. The third kappa shape index (κ3) is 4.89. The van der Waals surface area contributed by atoms with Gasteiger partial charge in [-0.3, -0.25) is 9.59 Å². The molecule has 0 radical (unpaired) electrons. The van der Waals surface area contributed by atoms with Crippen molar-refractivity contribution in [2.24, 2.45) is 0 Å². The molecule has 1 heterocycles. The van der Waals surface area contributed by atoms with E-state index in [2.05, 4.69) is 10.6 Å². The average molecular weight is 384 g/mol. The molecule has 1 aliphatic rings. The molecular formula is C20H20N2O4S. The third-order valence-corrected chi connectivity index (χ3v) is 5.28. The second-order valence-electron chi connectivity index (χ2n) is 6.09. The number of anilines is 1. The molecule has 2 amide bonds. The van der Waals surface area contributed by atoms with Crippen LogP contribution in [0.25, 0.3) is 0 Å². The summed E-state index contributed by atoms with van der Waals surface area (Å²) in [7, 11) is 1.33. The molecule has 0 aromatic heterocycles. The summed E-state index contributed by atoms with van der Waals surface area (Å²) in [6.45, 7) is 0.416. The van der Waals surface area contributed by atoms with Crippen LogP contribution in [0.2, 0.25) is 0 Å². The van der Waals surface area contributed by atoms with Crippen LogP contribution in [0, 0.1) is 0 Å². The number of ether oxygens (including phenoxy) is 1. The molecule has 7 heteroatoms. The number of fused-ring (bicyclic) bond motifs is 1. The maximum atomic E-state index is 12.2. The van der Waals surface area contributed by atoms with Crippen LogP contribution in [0.1, 0.15) is 27.9 Å². The fourth-order valence-electron chi connectivity index (χ4n) is 2.81. The number of rotatable bonds is 6. The van der Waals surface area contributed by atoms with Gasteiger partial charge in [0, 0.05) is 23.5 Å². The number of methoxy groups -OCH3 is 1. The minimum absolute atomic E-state index is 0.0350. The van der Waals surface area contributed by atoms with Crippen LogP contribution in [-0.4, -0.2) is 30.6 Å². The number of hydrogen-bond acceptors (Lipinski definition) is 5. The minimum atomic E-state index is -0.417. The number of thioether (sulfide) groups is 1. The van der Waals surface area contributed by atoms with E-state index in [9.17, 15) is 14.4 Å². The lowest BCUT2D eigenvalue weighted by Gasteiger charge is -2.17. The fourth-order valence-corrected chi connectivity index (χ4v) is 3.68. The van der Waals surface area contributed by atoms with Crippen molar-refractivity contribution in [3.8, 4) is 0 Å². The van der Waals surface area contributed by atoms with Crippen molar-refractivity contribution in [1.82, 2.24) is 5.32 Å². The maximum absolute atomic E-state index is 12.2. The molecule has 2 N–H and O–H groups in total. The van der Waals surface area contributed by atoms with Gasteiger partial charge in [-0.2, -0.15) is 0 Å². The summed E-state index contributed by atoms with van der Waals surface area (Å²) >= 11 is 1.30. The van der Waals surface area contributed by atoms with Crippen molar-refractivity contribution >= 4 is 35.2 Å². The third-order valence-electron chi connectivity index (χ3n) is 4.21. The molecule has 6 nitrogen and oxygen atoms in total. The Morgan fingerprint density at radius 1 is 1.19 bits per heavy atom. The van der Waals surface area contributed by atoms with Crippen LogP contribution in [-0.2, 0) is 27.3 Å². The van der Waals surface area contributed by atoms with Gasteiger partial charge in [0.05, 0.1) is 18.4 Å². The highest BCUT2D eigenvalue weighted by molar-refractivity contribution is 8.00. The Labute approximate surface area is 161 Å². The number of amides is 2. The Morgan fingerprint density at radius 3 is 2.81 bits per heavy atom. The Balaban J connectivity index is 1.54. The summed E-state index contributed by atoms with van der Waals surface area (Å²) in [5.41, 5.74) is 3.37. The molecule has 1 aliphatic heterocycles. The molecule has 0 fully saturated rings. The van der Waals surface area contributed by atoms with Crippen LogP contribution < -0.4 is 10.6 Å². The van der Waals surface area contributed by atoms with Gasteiger partial charge in [-0.1, -0.05) is 24.3 Å². The average Bonchev–Trinajstić information content (AvgIpc) is 2.70. The highest BCUT2D eigenvalue weighted by atomic mass is 32.2. The van der Waals surface area contributed by atoms with E-state index in [1.807, 2.05) is 24.3 Å². The molecule has 0 unspecified atom stereocenters. The predicted octanol–water partition coefficient (Wildman–Crippen LogP) is 2.77. The number of carbonyl (C=O) groups excluding carboxylic acids is 3. The monoisotopic (exact) mass is 384 g/mol. The van der Waals surface area contributed by atoms with Crippen molar-refractivity contribution in [2.75, 3.05) is 18.2 Å².